The summed E-state index contributed by atoms with van der Waals surface area (Å²) in [5.41, 5.74) is 2.28. The molecular weight excluding hydrogens is 315 g/mol. The maximum atomic E-state index is 13.8. The monoisotopic (exact) mass is 326 g/mol. The Morgan fingerprint density at radius 1 is 1.13 bits per heavy atom. The number of aromatic nitrogens is 3. The van der Waals surface area contributed by atoms with Gasteiger partial charge in [-0.15, -0.1) is 9.00 Å². The Bertz CT molecular complexity index is 1010. The van der Waals surface area contributed by atoms with Crippen LogP contribution in [0.5, 0.6) is 0 Å². The van der Waals surface area contributed by atoms with Crippen molar-refractivity contribution >= 4 is 23.1 Å². The molecule has 0 aliphatic rings. The Hall–Kier alpha value is -2.80. The SMILES string of the molecule is Cc1ccc(N=c2nc3oc(-c4ccccc4F)nn3s2)cc1. The van der Waals surface area contributed by atoms with Gasteiger partial charge in [-0.1, -0.05) is 29.8 Å². The number of benzene rings is 2. The zero-order chi connectivity index (χ0) is 15.8. The first-order chi connectivity index (χ1) is 11.2. The van der Waals surface area contributed by atoms with E-state index in [9.17, 15) is 4.39 Å². The van der Waals surface area contributed by atoms with E-state index in [1.807, 2.05) is 31.2 Å². The molecule has 23 heavy (non-hydrogen) atoms. The first-order valence-electron chi connectivity index (χ1n) is 6.92. The fourth-order valence-corrected chi connectivity index (χ4v) is 2.79. The minimum absolute atomic E-state index is 0.198. The normalized spacial score (nSPS) is 12.2. The van der Waals surface area contributed by atoms with Crippen LogP contribution < -0.4 is 4.80 Å². The van der Waals surface area contributed by atoms with E-state index in [-0.39, 0.29) is 11.7 Å². The van der Waals surface area contributed by atoms with Crippen molar-refractivity contribution in [2.45, 2.75) is 6.92 Å². The van der Waals surface area contributed by atoms with Crippen LogP contribution in [0.1, 0.15) is 5.56 Å². The van der Waals surface area contributed by atoms with E-state index in [0.29, 0.717) is 16.2 Å². The first-order valence-corrected chi connectivity index (χ1v) is 7.70. The lowest BCUT2D eigenvalue weighted by Gasteiger charge is -1.94. The van der Waals surface area contributed by atoms with Gasteiger partial charge in [0.15, 0.2) is 0 Å². The number of halogens is 1. The van der Waals surface area contributed by atoms with E-state index in [1.54, 1.807) is 18.2 Å². The van der Waals surface area contributed by atoms with Crippen LogP contribution in [0.2, 0.25) is 0 Å². The van der Waals surface area contributed by atoms with Crippen LogP contribution in [0.4, 0.5) is 10.1 Å². The van der Waals surface area contributed by atoms with Gasteiger partial charge in [-0.2, -0.15) is 4.98 Å². The summed E-state index contributed by atoms with van der Waals surface area (Å²) in [6.45, 7) is 2.02. The molecular formula is C16H11FN4OS. The topological polar surface area (TPSA) is 55.7 Å². The number of hydrogen-bond acceptors (Lipinski definition) is 5. The summed E-state index contributed by atoms with van der Waals surface area (Å²) in [5, 5.41) is 4.23. The van der Waals surface area contributed by atoms with Gasteiger partial charge in [-0.25, -0.2) is 9.38 Å². The van der Waals surface area contributed by atoms with Crippen LogP contribution in [0, 0.1) is 12.7 Å². The molecule has 0 aliphatic heterocycles. The van der Waals surface area contributed by atoms with Crippen molar-refractivity contribution in [1.29, 1.82) is 0 Å². The minimum atomic E-state index is -0.383. The Morgan fingerprint density at radius 2 is 1.91 bits per heavy atom. The highest BCUT2D eigenvalue weighted by Gasteiger charge is 2.13. The maximum Gasteiger partial charge on any atom is 0.337 e. The number of aryl methyl sites for hydroxylation is 1. The standard InChI is InChI=1S/C16H11FN4OS/c1-10-6-8-11(9-7-10)18-15-19-16-21(23-15)20-14(22-16)12-4-2-3-5-13(12)17/h2-9H,1H3. The van der Waals surface area contributed by atoms with Crippen molar-refractivity contribution in [2.24, 2.45) is 4.99 Å². The molecule has 0 unspecified atom stereocenters. The number of fused-ring (bicyclic) bond motifs is 1. The van der Waals surface area contributed by atoms with Crippen molar-refractivity contribution in [3.8, 4) is 11.5 Å². The molecule has 4 aromatic rings. The second-order valence-electron chi connectivity index (χ2n) is 4.98. The van der Waals surface area contributed by atoms with Crippen LogP contribution in [-0.4, -0.2) is 14.0 Å². The molecule has 0 atom stereocenters. The molecule has 114 valence electrons. The summed E-state index contributed by atoms with van der Waals surface area (Å²) in [7, 11) is 0. The summed E-state index contributed by atoms with van der Waals surface area (Å²) in [6.07, 6.45) is 0. The smallest absolute Gasteiger partial charge is 0.337 e. The highest BCUT2D eigenvalue weighted by molar-refractivity contribution is 7.03. The summed E-state index contributed by atoms with van der Waals surface area (Å²) >= 11 is 1.23. The van der Waals surface area contributed by atoms with Gasteiger partial charge in [0.2, 0.25) is 4.80 Å². The van der Waals surface area contributed by atoms with E-state index in [2.05, 4.69) is 15.1 Å². The third-order valence-corrected chi connectivity index (χ3v) is 4.01. The number of rotatable bonds is 2. The second kappa shape index (κ2) is 5.44. The molecule has 0 fully saturated rings. The molecule has 5 nitrogen and oxygen atoms in total. The van der Waals surface area contributed by atoms with Crippen molar-refractivity contribution in [3.05, 3.63) is 64.7 Å². The van der Waals surface area contributed by atoms with Crippen LogP contribution in [0.15, 0.2) is 57.9 Å². The van der Waals surface area contributed by atoms with Gasteiger partial charge in [-0.05, 0) is 31.2 Å². The van der Waals surface area contributed by atoms with Gasteiger partial charge in [0.05, 0.1) is 11.3 Å². The summed E-state index contributed by atoms with van der Waals surface area (Å²) < 4.78 is 20.8. The molecule has 7 heteroatoms. The summed E-state index contributed by atoms with van der Waals surface area (Å²) in [6, 6.07) is 14.1. The van der Waals surface area contributed by atoms with E-state index < -0.39 is 0 Å². The average Bonchev–Trinajstić information content (AvgIpc) is 3.08. The molecule has 0 saturated carbocycles. The second-order valence-corrected chi connectivity index (χ2v) is 5.87. The van der Waals surface area contributed by atoms with E-state index in [1.165, 1.54) is 27.1 Å². The van der Waals surface area contributed by atoms with Crippen molar-refractivity contribution < 1.29 is 8.81 Å². The van der Waals surface area contributed by atoms with Crippen LogP contribution in [0.3, 0.4) is 0 Å². The highest BCUT2D eigenvalue weighted by atomic mass is 32.1. The first kappa shape index (κ1) is 13.8. The Balaban J connectivity index is 1.75. The molecule has 0 radical (unpaired) electrons. The largest absolute Gasteiger partial charge is 0.402 e. The fraction of sp³-hybridized carbons (Fsp3) is 0.0625. The van der Waals surface area contributed by atoms with Gasteiger partial charge in [0.25, 0.3) is 5.89 Å². The third-order valence-electron chi connectivity index (χ3n) is 3.26. The van der Waals surface area contributed by atoms with Gasteiger partial charge in [0.1, 0.15) is 5.82 Å². The minimum Gasteiger partial charge on any atom is -0.402 e. The quantitative estimate of drug-likeness (QED) is 0.564. The van der Waals surface area contributed by atoms with Gasteiger partial charge in [0, 0.05) is 11.5 Å². The molecule has 0 amide bonds. The molecule has 0 bridgehead atoms. The Kier molecular flexibility index (Phi) is 3.27. The molecule has 0 spiro atoms. The van der Waals surface area contributed by atoms with Gasteiger partial charge in [-0.3, -0.25) is 0 Å². The Morgan fingerprint density at radius 3 is 2.65 bits per heavy atom. The van der Waals surface area contributed by atoms with Crippen LogP contribution in [-0.2, 0) is 0 Å². The van der Waals surface area contributed by atoms with Gasteiger partial charge >= 0.3 is 5.84 Å². The van der Waals surface area contributed by atoms with Crippen LogP contribution >= 0.6 is 11.5 Å². The van der Waals surface area contributed by atoms with E-state index in [4.69, 9.17) is 4.42 Å². The molecule has 0 N–H and O–H groups in total. The molecule has 2 aromatic heterocycles. The van der Waals surface area contributed by atoms with Gasteiger partial charge < -0.3 is 4.42 Å². The Labute approximate surface area is 134 Å². The molecule has 0 saturated heterocycles. The molecule has 4 rings (SSSR count). The third kappa shape index (κ3) is 2.66. The highest BCUT2D eigenvalue weighted by Crippen LogP contribution is 2.22. The molecule has 0 aliphatic carbocycles. The molecule has 2 aromatic carbocycles. The molecule has 2 heterocycles. The fourth-order valence-electron chi connectivity index (χ4n) is 2.09. The van der Waals surface area contributed by atoms with Crippen LogP contribution in [0.25, 0.3) is 17.3 Å². The van der Waals surface area contributed by atoms with E-state index >= 15 is 0 Å². The summed E-state index contributed by atoms with van der Waals surface area (Å²) in [5.74, 6) is 0.106. The van der Waals surface area contributed by atoms with E-state index in [0.717, 1.165) is 5.69 Å². The number of hydrogen-bond donors (Lipinski definition) is 0. The van der Waals surface area contributed by atoms with Crippen molar-refractivity contribution in [1.82, 2.24) is 14.0 Å². The van der Waals surface area contributed by atoms with Crippen molar-refractivity contribution in [3.63, 3.8) is 0 Å². The average molecular weight is 326 g/mol. The number of nitrogens with zero attached hydrogens (tertiary/aromatic N) is 4. The maximum absolute atomic E-state index is 13.8. The zero-order valence-corrected chi connectivity index (χ0v) is 12.9. The predicted octanol–water partition coefficient (Wildman–Crippen LogP) is 3.73. The lowest BCUT2D eigenvalue weighted by molar-refractivity contribution is 0.585. The predicted molar refractivity (Wildman–Crippen MR) is 84.9 cm³/mol. The summed E-state index contributed by atoms with van der Waals surface area (Å²) in [4.78, 5) is 9.22. The van der Waals surface area contributed by atoms with Crippen molar-refractivity contribution in [2.75, 3.05) is 0 Å². The lowest BCUT2D eigenvalue weighted by Crippen LogP contribution is -1.95. The zero-order valence-electron chi connectivity index (χ0n) is 12.1. The lowest BCUT2D eigenvalue weighted by atomic mass is 10.2.